The first kappa shape index (κ1) is 24.3. The Morgan fingerprint density at radius 3 is 2.55 bits per heavy atom. The Hall–Kier alpha value is -1.83. The summed E-state index contributed by atoms with van der Waals surface area (Å²) in [6.07, 6.45) is 3.96. The van der Waals surface area contributed by atoms with E-state index in [0.717, 1.165) is 32.0 Å². The lowest BCUT2D eigenvalue weighted by Crippen LogP contribution is -2.48. The van der Waals surface area contributed by atoms with E-state index in [9.17, 15) is 5.11 Å². The van der Waals surface area contributed by atoms with E-state index in [0.29, 0.717) is 23.9 Å². The maximum Gasteiger partial charge on any atom is 0.134 e. The van der Waals surface area contributed by atoms with Crippen molar-refractivity contribution in [1.29, 1.82) is 0 Å². The van der Waals surface area contributed by atoms with Gasteiger partial charge in [0.15, 0.2) is 0 Å². The second kappa shape index (κ2) is 12.0. The molecule has 180 valence electrons. The largest absolute Gasteiger partial charge is 0.492 e. The lowest BCUT2D eigenvalue weighted by atomic mass is 10.1. The Labute approximate surface area is 202 Å². The van der Waals surface area contributed by atoms with Crippen molar-refractivity contribution in [2.75, 3.05) is 59.2 Å². The molecule has 0 amide bonds. The van der Waals surface area contributed by atoms with Crippen LogP contribution in [0.5, 0.6) is 11.5 Å². The molecule has 33 heavy (non-hydrogen) atoms. The van der Waals surface area contributed by atoms with Gasteiger partial charge in [0.2, 0.25) is 0 Å². The molecule has 2 heterocycles. The van der Waals surface area contributed by atoms with Crippen molar-refractivity contribution in [2.24, 2.45) is 0 Å². The zero-order valence-corrected chi connectivity index (χ0v) is 20.0. The van der Waals surface area contributed by atoms with Crippen LogP contribution < -0.4 is 9.47 Å². The van der Waals surface area contributed by atoms with Crippen LogP contribution >= 0.6 is 11.6 Å². The summed E-state index contributed by atoms with van der Waals surface area (Å²) in [5, 5.41) is 11.7. The highest BCUT2D eigenvalue weighted by molar-refractivity contribution is 6.30. The molecule has 0 radical (unpaired) electrons. The zero-order chi connectivity index (χ0) is 22.9. The van der Waals surface area contributed by atoms with Crippen molar-refractivity contribution >= 4 is 11.6 Å². The third kappa shape index (κ3) is 7.87. The van der Waals surface area contributed by atoms with E-state index in [1.165, 1.54) is 37.9 Å². The predicted molar refractivity (Wildman–Crippen MR) is 130 cm³/mol. The molecule has 2 aromatic carbocycles. The molecule has 1 N–H and O–H groups in total. The monoisotopic (exact) mass is 474 g/mol. The fourth-order valence-electron chi connectivity index (χ4n) is 4.42. The van der Waals surface area contributed by atoms with Crippen molar-refractivity contribution in [3.8, 4) is 11.5 Å². The summed E-state index contributed by atoms with van der Waals surface area (Å²) in [7, 11) is 0. The van der Waals surface area contributed by atoms with E-state index >= 15 is 0 Å². The number of rotatable bonds is 9. The van der Waals surface area contributed by atoms with Crippen LogP contribution in [-0.4, -0.2) is 79.7 Å². The van der Waals surface area contributed by atoms with Crippen LogP contribution in [0.4, 0.5) is 0 Å². The van der Waals surface area contributed by atoms with Crippen molar-refractivity contribution < 1.29 is 19.3 Å². The van der Waals surface area contributed by atoms with Gasteiger partial charge in [-0.25, -0.2) is 0 Å². The van der Waals surface area contributed by atoms with E-state index in [-0.39, 0.29) is 13.2 Å². The number of likely N-dealkylation sites (tertiary alicyclic amines) is 1. The van der Waals surface area contributed by atoms with Gasteiger partial charge in [0.25, 0.3) is 0 Å². The molecular weight excluding hydrogens is 440 g/mol. The maximum atomic E-state index is 11.1. The van der Waals surface area contributed by atoms with Gasteiger partial charge < -0.3 is 19.3 Å². The van der Waals surface area contributed by atoms with E-state index in [1.54, 1.807) is 12.1 Å². The predicted octanol–water partition coefficient (Wildman–Crippen LogP) is 3.85. The van der Waals surface area contributed by atoms with Crippen LogP contribution in [0.3, 0.4) is 0 Å². The minimum atomic E-state index is -1.09. The first-order valence-corrected chi connectivity index (χ1v) is 12.3. The molecular formula is C26H35ClN2O4. The molecule has 2 saturated heterocycles. The van der Waals surface area contributed by atoms with Gasteiger partial charge in [-0.15, -0.1) is 0 Å². The number of hydrogen-bond acceptors (Lipinski definition) is 6. The Kier molecular flexibility index (Phi) is 8.87. The first-order valence-electron chi connectivity index (χ1n) is 11.9. The Morgan fingerprint density at radius 1 is 0.939 bits per heavy atom. The Balaban J connectivity index is 1.25. The second-order valence-electron chi connectivity index (χ2n) is 9.13. The summed E-state index contributed by atoms with van der Waals surface area (Å²) in [6, 6.07) is 15.5. The first-order chi connectivity index (χ1) is 16.1. The highest BCUT2D eigenvalue weighted by atomic mass is 35.5. The van der Waals surface area contributed by atoms with Crippen molar-refractivity contribution in [1.82, 2.24) is 9.80 Å². The average molecular weight is 475 g/mol. The van der Waals surface area contributed by atoms with Crippen LogP contribution in [0.15, 0.2) is 48.5 Å². The van der Waals surface area contributed by atoms with Crippen LogP contribution in [0.25, 0.3) is 0 Å². The summed E-state index contributed by atoms with van der Waals surface area (Å²) >= 11 is 6.03. The standard InChI is InChI=1S/C26H35ClN2O4/c27-23-5-4-6-25(17-23)33-21-26(30)19-29(13-15-31-20-26)18-22-7-9-24(10-8-22)32-16-14-28-11-2-1-3-12-28/h4-10,17,30H,1-3,11-16,18-21H2/t26-/m1/s1. The van der Waals surface area contributed by atoms with Crippen molar-refractivity contribution in [2.45, 2.75) is 31.4 Å². The molecule has 6 nitrogen and oxygen atoms in total. The Bertz CT molecular complexity index is 860. The molecule has 2 aromatic rings. The van der Waals surface area contributed by atoms with Gasteiger partial charge >= 0.3 is 0 Å². The van der Waals surface area contributed by atoms with Gasteiger partial charge in [0.05, 0.1) is 13.2 Å². The summed E-state index contributed by atoms with van der Waals surface area (Å²) in [5.74, 6) is 1.55. The molecule has 2 fully saturated rings. The zero-order valence-electron chi connectivity index (χ0n) is 19.3. The molecule has 0 aliphatic carbocycles. The topological polar surface area (TPSA) is 54.4 Å². The van der Waals surface area contributed by atoms with Crippen molar-refractivity contribution in [3.05, 3.63) is 59.1 Å². The lowest BCUT2D eigenvalue weighted by molar-refractivity contribution is -0.0646. The quantitative estimate of drug-likeness (QED) is 0.596. The van der Waals surface area contributed by atoms with Crippen LogP contribution in [0.1, 0.15) is 24.8 Å². The van der Waals surface area contributed by atoms with Crippen LogP contribution in [0, 0.1) is 0 Å². The lowest BCUT2D eigenvalue weighted by Gasteiger charge is -2.30. The average Bonchev–Trinajstić information content (AvgIpc) is 3.01. The van der Waals surface area contributed by atoms with E-state index in [4.69, 9.17) is 25.8 Å². The van der Waals surface area contributed by atoms with Gasteiger partial charge in [0, 0.05) is 31.2 Å². The molecule has 0 aromatic heterocycles. The molecule has 0 saturated carbocycles. The minimum Gasteiger partial charge on any atom is -0.492 e. The molecule has 2 aliphatic heterocycles. The highest BCUT2D eigenvalue weighted by Crippen LogP contribution is 2.21. The van der Waals surface area contributed by atoms with E-state index < -0.39 is 5.60 Å². The number of nitrogens with zero attached hydrogens (tertiary/aromatic N) is 2. The summed E-state index contributed by atoms with van der Waals surface area (Å²) in [5.41, 5.74) is 0.0921. The van der Waals surface area contributed by atoms with Crippen LogP contribution in [0.2, 0.25) is 5.02 Å². The normalized spacial score (nSPS) is 22.6. The van der Waals surface area contributed by atoms with Crippen molar-refractivity contribution in [3.63, 3.8) is 0 Å². The molecule has 4 rings (SSSR count). The van der Waals surface area contributed by atoms with E-state index in [2.05, 4.69) is 21.9 Å². The highest BCUT2D eigenvalue weighted by Gasteiger charge is 2.33. The fourth-order valence-corrected chi connectivity index (χ4v) is 4.60. The number of aliphatic hydroxyl groups is 1. The number of β-amino-alcohol motifs (C(OH)–C–C–N with tert-alkyl or cyclic N) is 1. The summed E-state index contributed by atoms with van der Waals surface area (Å²) in [4.78, 5) is 4.69. The van der Waals surface area contributed by atoms with Gasteiger partial charge in [-0.1, -0.05) is 36.2 Å². The van der Waals surface area contributed by atoms with Gasteiger partial charge in [-0.2, -0.15) is 0 Å². The summed E-state index contributed by atoms with van der Waals surface area (Å²) < 4.78 is 17.4. The third-order valence-corrected chi connectivity index (χ3v) is 6.43. The van der Waals surface area contributed by atoms with E-state index in [1.807, 2.05) is 24.3 Å². The fraction of sp³-hybridized carbons (Fsp3) is 0.538. The third-order valence-electron chi connectivity index (χ3n) is 6.20. The molecule has 0 bridgehead atoms. The molecule has 1 atom stereocenters. The number of piperidine rings is 1. The maximum absolute atomic E-state index is 11.1. The van der Waals surface area contributed by atoms with Gasteiger partial charge in [0.1, 0.15) is 30.3 Å². The second-order valence-corrected chi connectivity index (χ2v) is 9.56. The summed E-state index contributed by atoms with van der Waals surface area (Å²) in [6.45, 7) is 7.04. The van der Waals surface area contributed by atoms with Gasteiger partial charge in [-0.05, 0) is 61.8 Å². The van der Waals surface area contributed by atoms with Gasteiger partial charge in [-0.3, -0.25) is 9.80 Å². The molecule has 7 heteroatoms. The number of ether oxygens (including phenoxy) is 3. The minimum absolute atomic E-state index is 0.146. The Morgan fingerprint density at radius 2 is 1.76 bits per heavy atom. The smallest absolute Gasteiger partial charge is 0.134 e. The molecule has 0 unspecified atom stereocenters. The van der Waals surface area contributed by atoms with Crippen LogP contribution in [-0.2, 0) is 11.3 Å². The number of hydrogen-bond donors (Lipinski definition) is 1. The SMILES string of the molecule is O[C@@]1(COc2cccc(Cl)c2)COCCN(Cc2ccc(OCCN3CCCCC3)cc2)C1. The number of halogens is 1. The number of benzene rings is 2. The molecule has 2 aliphatic rings. The molecule has 0 spiro atoms.